The Morgan fingerprint density at radius 1 is 1.29 bits per heavy atom. The van der Waals surface area contributed by atoms with Gasteiger partial charge in [0.25, 0.3) is 0 Å². The van der Waals surface area contributed by atoms with Crippen molar-refractivity contribution >= 4 is 11.6 Å². The van der Waals surface area contributed by atoms with E-state index in [0.29, 0.717) is 36.8 Å². The summed E-state index contributed by atoms with van der Waals surface area (Å²) in [4.78, 5) is 12.2. The number of halogens is 1. The van der Waals surface area contributed by atoms with E-state index in [2.05, 4.69) is 10.6 Å². The zero-order chi connectivity index (χ0) is 16.8. The zero-order valence-corrected chi connectivity index (χ0v) is 13.1. The summed E-state index contributed by atoms with van der Waals surface area (Å²) in [7, 11) is 0. The van der Waals surface area contributed by atoms with Crippen molar-refractivity contribution in [2.45, 2.75) is 12.5 Å². The fourth-order valence-electron chi connectivity index (χ4n) is 2.49. The maximum atomic E-state index is 13.3. The monoisotopic (exact) mass is 330 g/mol. The summed E-state index contributed by atoms with van der Waals surface area (Å²) in [5.74, 6) is 0.328. The molecule has 2 N–H and O–H groups in total. The van der Waals surface area contributed by atoms with E-state index >= 15 is 0 Å². The number of amides is 1. The largest absolute Gasteiger partial charge is 0.455 e. The van der Waals surface area contributed by atoms with Crippen LogP contribution in [0.3, 0.4) is 0 Å². The second kappa shape index (κ2) is 7.90. The minimum Gasteiger partial charge on any atom is -0.455 e. The van der Waals surface area contributed by atoms with Crippen LogP contribution in [0.4, 0.5) is 10.1 Å². The number of carbonyl (C=O) groups excluding carboxylic acids is 1. The minimum absolute atomic E-state index is 0.00931. The van der Waals surface area contributed by atoms with Gasteiger partial charge in [-0.3, -0.25) is 4.79 Å². The molecule has 2 aromatic carbocycles. The lowest BCUT2D eigenvalue weighted by Crippen LogP contribution is -2.43. The van der Waals surface area contributed by atoms with Crippen LogP contribution in [0.15, 0.2) is 48.5 Å². The molecule has 6 heteroatoms. The van der Waals surface area contributed by atoms with Gasteiger partial charge in [0, 0.05) is 25.1 Å². The molecule has 24 heavy (non-hydrogen) atoms. The number of morpholine rings is 1. The van der Waals surface area contributed by atoms with E-state index in [-0.39, 0.29) is 17.8 Å². The van der Waals surface area contributed by atoms with E-state index in [4.69, 9.17) is 9.47 Å². The molecular weight excluding hydrogens is 311 g/mol. The van der Waals surface area contributed by atoms with E-state index in [1.165, 1.54) is 12.1 Å². The molecule has 1 unspecified atom stereocenters. The predicted molar refractivity (Wildman–Crippen MR) is 88.8 cm³/mol. The third-order valence-electron chi connectivity index (χ3n) is 3.62. The summed E-state index contributed by atoms with van der Waals surface area (Å²) in [6.45, 7) is 1.94. The van der Waals surface area contributed by atoms with Crippen molar-refractivity contribution < 1.29 is 18.7 Å². The second-order valence-corrected chi connectivity index (χ2v) is 5.53. The van der Waals surface area contributed by atoms with Crippen LogP contribution in [-0.4, -0.2) is 31.7 Å². The molecule has 0 radical (unpaired) electrons. The molecule has 5 nitrogen and oxygen atoms in total. The highest BCUT2D eigenvalue weighted by Gasteiger charge is 2.17. The standard InChI is InChI=1S/C18H19FN2O3/c19-13-4-3-5-15(10-13)24-17-7-2-1-6-16(17)21-18(22)11-14-12-23-9-8-20-14/h1-7,10,14,20H,8-9,11-12H2,(H,21,22). The van der Waals surface area contributed by atoms with Crippen LogP contribution in [0.5, 0.6) is 11.5 Å². The summed E-state index contributed by atoms with van der Waals surface area (Å²) in [5, 5.41) is 6.08. The number of rotatable bonds is 5. The van der Waals surface area contributed by atoms with Gasteiger partial charge in [0.05, 0.1) is 18.9 Å². The van der Waals surface area contributed by atoms with Gasteiger partial charge >= 0.3 is 0 Å². The molecule has 1 saturated heterocycles. The molecule has 0 aliphatic carbocycles. The van der Waals surface area contributed by atoms with Crippen molar-refractivity contribution in [2.24, 2.45) is 0 Å². The maximum Gasteiger partial charge on any atom is 0.226 e. The van der Waals surface area contributed by atoms with Crippen molar-refractivity contribution in [3.8, 4) is 11.5 Å². The Balaban J connectivity index is 1.66. The molecule has 1 aliphatic rings. The highest BCUT2D eigenvalue weighted by Crippen LogP contribution is 2.29. The van der Waals surface area contributed by atoms with E-state index in [1.807, 2.05) is 0 Å². The van der Waals surface area contributed by atoms with Crippen molar-refractivity contribution in [1.82, 2.24) is 5.32 Å². The number of hydrogen-bond donors (Lipinski definition) is 2. The molecule has 0 saturated carbocycles. The molecule has 1 atom stereocenters. The number of benzene rings is 2. The molecule has 1 fully saturated rings. The summed E-state index contributed by atoms with van der Waals surface area (Å²) < 4.78 is 24.3. The lowest BCUT2D eigenvalue weighted by molar-refractivity contribution is -0.117. The van der Waals surface area contributed by atoms with E-state index in [0.717, 1.165) is 6.54 Å². The van der Waals surface area contributed by atoms with Crippen LogP contribution < -0.4 is 15.4 Å². The van der Waals surface area contributed by atoms with Crippen LogP contribution in [0.2, 0.25) is 0 Å². The second-order valence-electron chi connectivity index (χ2n) is 5.53. The van der Waals surface area contributed by atoms with Crippen LogP contribution in [0, 0.1) is 5.82 Å². The number of para-hydroxylation sites is 2. The van der Waals surface area contributed by atoms with Gasteiger partial charge in [-0.1, -0.05) is 18.2 Å². The fourth-order valence-corrected chi connectivity index (χ4v) is 2.49. The smallest absolute Gasteiger partial charge is 0.226 e. The summed E-state index contributed by atoms with van der Waals surface area (Å²) in [6, 6.07) is 12.9. The number of hydrogen-bond acceptors (Lipinski definition) is 4. The number of ether oxygens (including phenoxy) is 2. The van der Waals surface area contributed by atoms with E-state index in [9.17, 15) is 9.18 Å². The number of anilines is 1. The SMILES string of the molecule is O=C(CC1COCCN1)Nc1ccccc1Oc1cccc(F)c1. The molecule has 126 valence electrons. The van der Waals surface area contributed by atoms with Crippen molar-refractivity contribution in [1.29, 1.82) is 0 Å². The molecular formula is C18H19FN2O3. The molecule has 2 aromatic rings. The summed E-state index contributed by atoms with van der Waals surface area (Å²) in [5.41, 5.74) is 0.545. The normalized spacial score (nSPS) is 17.3. The topological polar surface area (TPSA) is 59.6 Å². The Kier molecular flexibility index (Phi) is 5.40. The lowest BCUT2D eigenvalue weighted by atomic mass is 10.2. The van der Waals surface area contributed by atoms with E-state index in [1.54, 1.807) is 36.4 Å². The van der Waals surface area contributed by atoms with Crippen LogP contribution in [0.1, 0.15) is 6.42 Å². The molecule has 1 aliphatic heterocycles. The third kappa shape index (κ3) is 4.53. The Morgan fingerprint density at radius 3 is 2.96 bits per heavy atom. The first-order valence-electron chi connectivity index (χ1n) is 7.84. The Bertz CT molecular complexity index is 702. The van der Waals surface area contributed by atoms with Crippen molar-refractivity contribution in [3.63, 3.8) is 0 Å². The van der Waals surface area contributed by atoms with Crippen molar-refractivity contribution in [3.05, 3.63) is 54.3 Å². The fraction of sp³-hybridized carbons (Fsp3) is 0.278. The average molecular weight is 330 g/mol. The average Bonchev–Trinajstić information content (AvgIpc) is 2.57. The highest BCUT2D eigenvalue weighted by molar-refractivity contribution is 5.92. The van der Waals surface area contributed by atoms with Crippen molar-refractivity contribution in [2.75, 3.05) is 25.1 Å². The Morgan fingerprint density at radius 2 is 2.17 bits per heavy atom. The van der Waals surface area contributed by atoms with Gasteiger partial charge in [-0.2, -0.15) is 0 Å². The van der Waals surface area contributed by atoms with Crippen LogP contribution >= 0.6 is 0 Å². The van der Waals surface area contributed by atoms with Gasteiger partial charge in [0.1, 0.15) is 11.6 Å². The first kappa shape index (κ1) is 16.4. The lowest BCUT2D eigenvalue weighted by Gasteiger charge is -2.23. The van der Waals surface area contributed by atoms with Gasteiger partial charge in [-0.15, -0.1) is 0 Å². The molecule has 0 bridgehead atoms. The number of nitrogens with one attached hydrogen (secondary N) is 2. The van der Waals surface area contributed by atoms with Gasteiger partial charge in [-0.05, 0) is 24.3 Å². The maximum absolute atomic E-state index is 13.3. The van der Waals surface area contributed by atoms with Crippen LogP contribution in [-0.2, 0) is 9.53 Å². The van der Waals surface area contributed by atoms with Gasteiger partial charge < -0.3 is 20.1 Å². The number of carbonyl (C=O) groups is 1. The van der Waals surface area contributed by atoms with Gasteiger partial charge in [-0.25, -0.2) is 4.39 Å². The first-order chi connectivity index (χ1) is 11.7. The van der Waals surface area contributed by atoms with Gasteiger partial charge in [0.2, 0.25) is 5.91 Å². The van der Waals surface area contributed by atoms with Gasteiger partial charge in [0.15, 0.2) is 5.75 Å². The third-order valence-corrected chi connectivity index (χ3v) is 3.62. The molecule has 0 aromatic heterocycles. The summed E-state index contributed by atoms with van der Waals surface area (Å²) >= 11 is 0. The molecule has 0 spiro atoms. The van der Waals surface area contributed by atoms with E-state index < -0.39 is 0 Å². The minimum atomic E-state index is -0.377. The Labute approximate surface area is 139 Å². The van der Waals surface area contributed by atoms with Crippen LogP contribution in [0.25, 0.3) is 0 Å². The zero-order valence-electron chi connectivity index (χ0n) is 13.1. The first-order valence-corrected chi connectivity index (χ1v) is 7.84. The summed E-state index contributed by atoms with van der Waals surface area (Å²) in [6.07, 6.45) is 0.314. The molecule has 3 rings (SSSR count). The Hall–Kier alpha value is -2.44. The quantitative estimate of drug-likeness (QED) is 0.885. The molecule has 1 amide bonds. The predicted octanol–water partition coefficient (Wildman–Crippen LogP) is 2.94. The molecule has 1 heterocycles. The highest BCUT2D eigenvalue weighted by atomic mass is 19.1.